The molecular formula is C12H15N3O3. The number of ether oxygens (including phenoxy) is 2. The lowest BCUT2D eigenvalue weighted by molar-refractivity contribution is -0.118. The number of rotatable bonds is 1. The van der Waals surface area contributed by atoms with Gasteiger partial charge in [-0.2, -0.15) is 0 Å². The highest BCUT2D eigenvalue weighted by Gasteiger charge is 2.22. The fourth-order valence-corrected chi connectivity index (χ4v) is 2.16. The Morgan fingerprint density at radius 3 is 3.22 bits per heavy atom. The molecule has 6 nitrogen and oxygen atoms in total. The molecule has 96 valence electrons. The molecule has 1 atom stereocenters. The van der Waals surface area contributed by atoms with Crippen LogP contribution in [0.4, 0.5) is 11.6 Å². The van der Waals surface area contributed by atoms with Crippen LogP contribution < -0.4 is 15.0 Å². The van der Waals surface area contributed by atoms with Crippen LogP contribution in [0.5, 0.6) is 5.75 Å². The first-order valence-corrected chi connectivity index (χ1v) is 6.02. The minimum atomic E-state index is -0.164. The number of aromatic nitrogens is 1. The lowest BCUT2D eigenvalue weighted by Crippen LogP contribution is -2.41. The maximum Gasteiger partial charge on any atom is 0.263 e. The first-order valence-electron chi connectivity index (χ1n) is 6.02. The van der Waals surface area contributed by atoms with E-state index in [0.717, 1.165) is 18.9 Å². The lowest BCUT2D eigenvalue weighted by Gasteiger charge is -2.32. The number of hydrogen-bond acceptors (Lipinski definition) is 5. The monoisotopic (exact) mass is 249 g/mol. The van der Waals surface area contributed by atoms with Gasteiger partial charge in [0.05, 0.1) is 12.7 Å². The Morgan fingerprint density at radius 1 is 1.50 bits per heavy atom. The van der Waals surface area contributed by atoms with Gasteiger partial charge in [-0.1, -0.05) is 0 Å². The quantitative estimate of drug-likeness (QED) is 0.791. The van der Waals surface area contributed by atoms with Gasteiger partial charge in [-0.05, 0) is 19.1 Å². The fraction of sp³-hybridized carbons (Fsp3) is 0.500. The summed E-state index contributed by atoms with van der Waals surface area (Å²) in [7, 11) is 0. The van der Waals surface area contributed by atoms with Gasteiger partial charge in [-0.15, -0.1) is 0 Å². The van der Waals surface area contributed by atoms with Crippen molar-refractivity contribution in [1.82, 2.24) is 4.98 Å². The molecule has 1 unspecified atom stereocenters. The van der Waals surface area contributed by atoms with E-state index in [1.807, 2.05) is 19.1 Å². The number of nitrogens with one attached hydrogen (secondary N) is 1. The second kappa shape index (κ2) is 4.45. The molecule has 2 aliphatic heterocycles. The third-order valence-electron chi connectivity index (χ3n) is 3.03. The van der Waals surface area contributed by atoms with Crippen LogP contribution in [0.15, 0.2) is 12.1 Å². The van der Waals surface area contributed by atoms with Crippen molar-refractivity contribution in [2.45, 2.75) is 13.0 Å². The minimum Gasteiger partial charge on any atom is -0.480 e. The van der Waals surface area contributed by atoms with Crippen LogP contribution in [-0.4, -0.2) is 43.3 Å². The Bertz CT molecular complexity index is 478. The molecule has 3 rings (SSSR count). The van der Waals surface area contributed by atoms with E-state index in [0.29, 0.717) is 18.2 Å². The molecule has 0 saturated carbocycles. The molecule has 1 aromatic rings. The van der Waals surface area contributed by atoms with Gasteiger partial charge in [0.2, 0.25) is 0 Å². The predicted molar refractivity (Wildman–Crippen MR) is 66.0 cm³/mol. The van der Waals surface area contributed by atoms with Gasteiger partial charge in [-0.3, -0.25) is 4.79 Å². The number of carbonyl (C=O) groups excluding carboxylic acids is 1. The number of hydrogen-bond donors (Lipinski definition) is 1. The van der Waals surface area contributed by atoms with Crippen molar-refractivity contribution in [3.05, 3.63) is 12.1 Å². The third-order valence-corrected chi connectivity index (χ3v) is 3.03. The Hall–Kier alpha value is -1.82. The van der Waals surface area contributed by atoms with Gasteiger partial charge >= 0.3 is 0 Å². The van der Waals surface area contributed by atoms with Crippen molar-refractivity contribution in [3.8, 4) is 5.75 Å². The third kappa shape index (κ3) is 2.11. The predicted octanol–water partition coefficient (Wildman–Crippen LogP) is 0.638. The smallest absolute Gasteiger partial charge is 0.263 e. The van der Waals surface area contributed by atoms with Crippen molar-refractivity contribution in [2.75, 3.05) is 36.5 Å². The summed E-state index contributed by atoms with van der Waals surface area (Å²) >= 11 is 0. The number of amides is 1. The molecule has 0 spiro atoms. The number of anilines is 2. The molecule has 2 aliphatic rings. The summed E-state index contributed by atoms with van der Waals surface area (Å²) in [6.45, 7) is 4.41. The SMILES string of the molecule is CC1CN(c2ccc3c(n2)NC(=O)CO3)CCO1. The summed E-state index contributed by atoms with van der Waals surface area (Å²) in [5.41, 5.74) is 0. The normalized spacial score (nSPS) is 23.1. The average molecular weight is 249 g/mol. The summed E-state index contributed by atoms with van der Waals surface area (Å²) in [4.78, 5) is 17.8. The lowest BCUT2D eigenvalue weighted by atomic mass is 10.3. The topological polar surface area (TPSA) is 63.7 Å². The van der Waals surface area contributed by atoms with Gasteiger partial charge in [-0.25, -0.2) is 4.98 Å². The minimum absolute atomic E-state index is 0.0581. The Kier molecular flexibility index (Phi) is 2.79. The zero-order valence-corrected chi connectivity index (χ0v) is 10.2. The van der Waals surface area contributed by atoms with E-state index in [4.69, 9.17) is 9.47 Å². The van der Waals surface area contributed by atoms with Gasteiger partial charge in [0.25, 0.3) is 5.91 Å². The average Bonchev–Trinajstić information content (AvgIpc) is 2.38. The summed E-state index contributed by atoms with van der Waals surface area (Å²) in [5.74, 6) is 1.81. The molecule has 1 saturated heterocycles. The van der Waals surface area contributed by atoms with Gasteiger partial charge in [0, 0.05) is 13.1 Å². The first-order chi connectivity index (χ1) is 8.72. The zero-order valence-electron chi connectivity index (χ0n) is 10.2. The number of morpholine rings is 1. The van der Waals surface area contributed by atoms with Crippen LogP contribution in [0.2, 0.25) is 0 Å². The van der Waals surface area contributed by atoms with E-state index in [1.54, 1.807) is 0 Å². The molecule has 6 heteroatoms. The van der Waals surface area contributed by atoms with E-state index in [1.165, 1.54) is 0 Å². The van der Waals surface area contributed by atoms with Crippen molar-refractivity contribution in [3.63, 3.8) is 0 Å². The summed E-state index contributed by atoms with van der Waals surface area (Å²) in [6.07, 6.45) is 0.197. The van der Waals surface area contributed by atoms with Crippen LogP contribution in [0.1, 0.15) is 6.92 Å². The molecule has 0 aliphatic carbocycles. The highest BCUT2D eigenvalue weighted by molar-refractivity contribution is 5.94. The fourth-order valence-electron chi connectivity index (χ4n) is 2.16. The van der Waals surface area contributed by atoms with E-state index in [9.17, 15) is 4.79 Å². The highest BCUT2D eigenvalue weighted by Crippen LogP contribution is 2.28. The summed E-state index contributed by atoms with van der Waals surface area (Å²) < 4.78 is 10.8. The molecule has 3 heterocycles. The maximum absolute atomic E-state index is 11.3. The van der Waals surface area contributed by atoms with Crippen molar-refractivity contribution < 1.29 is 14.3 Å². The van der Waals surface area contributed by atoms with Crippen LogP contribution in [-0.2, 0) is 9.53 Å². The van der Waals surface area contributed by atoms with Crippen molar-refractivity contribution in [2.24, 2.45) is 0 Å². The molecular weight excluding hydrogens is 234 g/mol. The molecule has 1 N–H and O–H groups in total. The van der Waals surface area contributed by atoms with E-state index in [-0.39, 0.29) is 18.6 Å². The Balaban J connectivity index is 1.85. The molecule has 0 aromatic carbocycles. The summed E-state index contributed by atoms with van der Waals surface area (Å²) in [5, 5.41) is 2.72. The van der Waals surface area contributed by atoms with Gasteiger partial charge in [0.1, 0.15) is 5.82 Å². The first kappa shape index (κ1) is 11.3. The van der Waals surface area contributed by atoms with Gasteiger partial charge in [0.15, 0.2) is 18.2 Å². The second-order valence-corrected chi connectivity index (χ2v) is 4.48. The molecule has 1 aromatic heterocycles. The highest BCUT2D eigenvalue weighted by atomic mass is 16.5. The number of nitrogens with zero attached hydrogens (tertiary/aromatic N) is 2. The van der Waals surface area contributed by atoms with Crippen LogP contribution >= 0.6 is 0 Å². The number of carbonyl (C=O) groups is 1. The van der Waals surface area contributed by atoms with Gasteiger partial charge < -0.3 is 19.7 Å². The van der Waals surface area contributed by atoms with Crippen LogP contribution in [0.3, 0.4) is 0 Å². The number of fused-ring (bicyclic) bond motifs is 1. The van der Waals surface area contributed by atoms with E-state index >= 15 is 0 Å². The maximum atomic E-state index is 11.3. The van der Waals surface area contributed by atoms with Crippen molar-refractivity contribution >= 4 is 17.5 Å². The largest absolute Gasteiger partial charge is 0.480 e. The molecule has 1 amide bonds. The van der Waals surface area contributed by atoms with Crippen LogP contribution in [0.25, 0.3) is 0 Å². The van der Waals surface area contributed by atoms with E-state index in [2.05, 4.69) is 15.2 Å². The molecule has 0 bridgehead atoms. The number of pyridine rings is 1. The van der Waals surface area contributed by atoms with Crippen LogP contribution in [0, 0.1) is 0 Å². The summed E-state index contributed by atoms with van der Waals surface area (Å²) in [6, 6.07) is 3.76. The molecule has 18 heavy (non-hydrogen) atoms. The molecule has 1 fully saturated rings. The second-order valence-electron chi connectivity index (χ2n) is 4.48. The zero-order chi connectivity index (χ0) is 12.5. The Labute approximate surface area is 105 Å². The van der Waals surface area contributed by atoms with E-state index < -0.39 is 0 Å². The molecule has 0 radical (unpaired) electrons. The van der Waals surface area contributed by atoms with Crippen molar-refractivity contribution in [1.29, 1.82) is 0 Å². The Morgan fingerprint density at radius 2 is 2.39 bits per heavy atom. The standard InChI is InChI=1S/C12H15N3O3/c1-8-6-15(4-5-17-8)10-3-2-9-12(13-10)14-11(16)7-18-9/h2-3,8H,4-7H2,1H3,(H,13,14,16).